The van der Waals surface area contributed by atoms with Crippen molar-refractivity contribution < 1.29 is 19.8 Å². The van der Waals surface area contributed by atoms with Crippen molar-refractivity contribution in [3.63, 3.8) is 0 Å². The van der Waals surface area contributed by atoms with Gasteiger partial charge in [0.2, 0.25) is 0 Å². The summed E-state index contributed by atoms with van der Waals surface area (Å²) in [5.74, 6) is -0.956. The number of nitrogens with zero attached hydrogens (tertiary/aromatic N) is 1. The van der Waals surface area contributed by atoms with Gasteiger partial charge in [-0.3, -0.25) is 4.79 Å². The first-order chi connectivity index (χ1) is 8.64. The lowest BCUT2D eigenvalue weighted by atomic mass is 10.0. The Bertz CT molecular complexity index is 349. The molecule has 0 aromatic heterocycles. The van der Waals surface area contributed by atoms with Gasteiger partial charge in [-0.25, -0.2) is 4.79 Å². The van der Waals surface area contributed by atoms with Gasteiger partial charge >= 0.3 is 12.0 Å². The molecule has 0 radical (unpaired) electrons. The molecule has 110 valence electrons. The van der Waals surface area contributed by atoms with E-state index < -0.39 is 17.1 Å². The molecule has 0 aromatic carbocycles. The van der Waals surface area contributed by atoms with Gasteiger partial charge in [-0.1, -0.05) is 12.8 Å². The van der Waals surface area contributed by atoms with Crippen LogP contribution in [0, 0.1) is 0 Å². The van der Waals surface area contributed by atoms with E-state index in [1.165, 1.54) is 4.90 Å². The normalized spacial score (nSPS) is 18.1. The molecule has 1 aliphatic rings. The number of hydrogen-bond donors (Lipinski definition) is 3. The van der Waals surface area contributed by atoms with Crippen LogP contribution in [0.25, 0.3) is 0 Å². The predicted molar refractivity (Wildman–Crippen MR) is 70.9 cm³/mol. The Kier molecular flexibility index (Phi) is 4.79. The zero-order chi connectivity index (χ0) is 14.7. The number of carboxylic acids is 1. The van der Waals surface area contributed by atoms with Crippen molar-refractivity contribution in [1.82, 2.24) is 10.2 Å². The van der Waals surface area contributed by atoms with Crippen LogP contribution >= 0.6 is 0 Å². The predicted octanol–water partition coefficient (Wildman–Crippen LogP) is 1.19. The number of nitrogens with one attached hydrogen (secondary N) is 1. The number of amides is 2. The zero-order valence-electron chi connectivity index (χ0n) is 11.9. The number of urea groups is 1. The number of aliphatic hydroxyl groups is 1. The summed E-state index contributed by atoms with van der Waals surface area (Å²) in [5.41, 5.74) is -1.60. The highest BCUT2D eigenvalue weighted by atomic mass is 16.4. The minimum atomic E-state index is -0.956. The third-order valence-electron chi connectivity index (χ3n) is 3.45. The number of rotatable bonds is 5. The van der Waals surface area contributed by atoms with Crippen LogP contribution in [0.1, 0.15) is 46.0 Å². The number of carbonyl (C=O) groups is 2. The van der Waals surface area contributed by atoms with E-state index in [4.69, 9.17) is 5.11 Å². The van der Waals surface area contributed by atoms with Crippen LogP contribution in [0.5, 0.6) is 0 Å². The fraction of sp³-hybridized carbons (Fsp3) is 0.846. The molecule has 0 unspecified atom stereocenters. The SMILES string of the molecule is CN(CC1(O)CCCC1)C(=O)NC(C)(C)CC(=O)O. The minimum absolute atomic E-state index is 0.142. The van der Waals surface area contributed by atoms with E-state index in [0.29, 0.717) is 12.8 Å². The third-order valence-corrected chi connectivity index (χ3v) is 3.45. The minimum Gasteiger partial charge on any atom is -0.481 e. The van der Waals surface area contributed by atoms with E-state index in [1.807, 2.05) is 0 Å². The molecule has 0 aromatic rings. The van der Waals surface area contributed by atoms with E-state index in [0.717, 1.165) is 12.8 Å². The highest BCUT2D eigenvalue weighted by Crippen LogP contribution is 2.29. The topological polar surface area (TPSA) is 89.9 Å². The Balaban J connectivity index is 2.50. The zero-order valence-corrected chi connectivity index (χ0v) is 11.9. The number of aliphatic carboxylic acids is 1. The summed E-state index contributed by atoms with van der Waals surface area (Å²) in [6, 6.07) is -0.355. The maximum atomic E-state index is 12.0. The molecule has 0 heterocycles. The van der Waals surface area contributed by atoms with Gasteiger partial charge in [0.1, 0.15) is 0 Å². The first-order valence-electron chi connectivity index (χ1n) is 6.61. The summed E-state index contributed by atoms with van der Waals surface area (Å²) in [4.78, 5) is 24.1. The lowest BCUT2D eigenvalue weighted by Gasteiger charge is -2.32. The summed E-state index contributed by atoms with van der Waals surface area (Å²) in [6.07, 6.45) is 3.25. The average Bonchev–Trinajstić information content (AvgIpc) is 2.61. The second kappa shape index (κ2) is 5.77. The Labute approximate surface area is 113 Å². The molecule has 0 atom stereocenters. The standard InChI is InChI=1S/C13H24N2O4/c1-12(2,8-10(16)17)14-11(18)15(3)9-13(19)6-4-5-7-13/h19H,4-9H2,1-3H3,(H,14,18)(H,16,17). The molecular formula is C13H24N2O4. The van der Waals surface area contributed by atoms with Crippen LogP contribution in [0.3, 0.4) is 0 Å². The smallest absolute Gasteiger partial charge is 0.317 e. The van der Waals surface area contributed by atoms with E-state index in [-0.39, 0.29) is 19.0 Å². The summed E-state index contributed by atoms with van der Waals surface area (Å²) in [7, 11) is 1.61. The molecule has 0 saturated heterocycles. The second-order valence-electron chi connectivity index (χ2n) is 6.17. The first kappa shape index (κ1) is 15.8. The maximum Gasteiger partial charge on any atom is 0.317 e. The van der Waals surface area contributed by atoms with Crippen molar-refractivity contribution in [3.8, 4) is 0 Å². The van der Waals surface area contributed by atoms with E-state index >= 15 is 0 Å². The van der Waals surface area contributed by atoms with Gasteiger partial charge < -0.3 is 20.4 Å². The number of hydrogen-bond acceptors (Lipinski definition) is 3. The van der Waals surface area contributed by atoms with Crippen molar-refractivity contribution in [2.75, 3.05) is 13.6 Å². The maximum absolute atomic E-state index is 12.0. The lowest BCUT2D eigenvalue weighted by Crippen LogP contribution is -2.52. The molecule has 0 spiro atoms. The summed E-state index contributed by atoms with van der Waals surface area (Å²) in [6.45, 7) is 3.61. The molecule has 2 amide bonds. The fourth-order valence-corrected chi connectivity index (χ4v) is 2.51. The van der Waals surface area contributed by atoms with Crippen LogP contribution in [-0.4, -0.2) is 51.8 Å². The quantitative estimate of drug-likeness (QED) is 0.701. The van der Waals surface area contributed by atoms with Crippen molar-refractivity contribution in [2.24, 2.45) is 0 Å². The van der Waals surface area contributed by atoms with Gasteiger partial charge in [-0.05, 0) is 26.7 Å². The van der Waals surface area contributed by atoms with Gasteiger partial charge in [0, 0.05) is 12.6 Å². The molecule has 3 N–H and O–H groups in total. The number of carbonyl (C=O) groups excluding carboxylic acids is 1. The highest BCUT2D eigenvalue weighted by molar-refractivity contribution is 5.76. The molecule has 1 rings (SSSR count). The van der Waals surface area contributed by atoms with Gasteiger partial charge in [-0.15, -0.1) is 0 Å². The second-order valence-corrected chi connectivity index (χ2v) is 6.17. The van der Waals surface area contributed by atoms with Crippen LogP contribution < -0.4 is 5.32 Å². The van der Waals surface area contributed by atoms with Crippen LogP contribution in [0.4, 0.5) is 4.79 Å². The molecule has 6 nitrogen and oxygen atoms in total. The van der Waals surface area contributed by atoms with Gasteiger partial charge in [-0.2, -0.15) is 0 Å². The molecule has 0 bridgehead atoms. The average molecular weight is 272 g/mol. The Morgan fingerprint density at radius 2 is 1.84 bits per heavy atom. The van der Waals surface area contributed by atoms with E-state index in [1.54, 1.807) is 20.9 Å². The molecule has 0 aliphatic heterocycles. The van der Waals surface area contributed by atoms with E-state index in [9.17, 15) is 14.7 Å². The Morgan fingerprint density at radius 1 is 1.32 bits per heavy atom. The first-order valence-corrected chi connectivity index (χ1v) is 6.61. The monoisotopic (exact) mass is 272 g/mol. The summed E-state index contributed by atoms with van der Waals surface area (Å²) in [5, 5.41) is 21.7. The Hall–Kier alpha value is -1.30. The van der Waals surface area contributed by atoms with Gasteiger partial charge in [0.05, 0.1) is 18.6 Å². The van der Waals surface area contributed by atoms with Gasteiger partial charge in [0.15, 0.2) is 0 Å². The largest absolute Gasteiger partial charge is 0.481 e. The van der Waals surface area contributed by atoms with Crippen LogP contribution in [-0.2, 0) is 4.79 Å². The van der Waals surface area contributed by atoms with Crippen molar-refractivity contribution in [2.45, 2.75) is 57.1 Å². The fourth-order valence-electron chi connectivity index (χ4n) is 2.51. The lowest BCUT2D eigenvalue weighted by molar-refractivity contribution is -0.138. The van der Waals surface area contributed by atoms with Crippen LogP contribution in [0.15, 0.2) is 0 Å². The Morgan fingerprint density at radius 3 is 2.32 bits per heavy atom. The molecule has 1 saturated carbocycles. The van der Waals surface area contributed by atoms with Crippen molar-refractivity contribution in [1.29, 1.82) is 0 Å². The van der Waals surface area contributed by atoms with E-state index in [2.05, 4.69) is 5.32 Å². The van der Waals surface area contributed by atoms with Crippen LogP contribution in [0.2, 0.25) is 0 Å². The summed E-state index contributed by atoms with van der Waals surface area (Å²) >= 11 is 0. The number of likely N-dealkylation sites (N-methyl/N-ethyl adjacent to an activating group) is 1. The summed E-state index contributed by atoms with van der Waals surface area (Å²) < 4.78 is 0. The van der Waals surface area contributed by atoms with Crippen molar-refractivity contribution >= 4 is 12.0 Å². The van der Waals surface area contributed by atoms with Crippen molar-refractivity contribution in [3.05, 3.63) is 0 Å². The number of carboxylic acid groups (broad SMARTS) is 1. The molecule has 1 aliphatic carbocycles. The molecule has 6 heteroatoms. The third kappa shape index (κ3) is 5.06. The molecular weight excluding hydrogens is 248 g/mol. The molecule has 1 fully saturated rings. The molecule has 19 heavy (non-hydrogen) atoms. The van der Waals surface area contributed by atoms with Gasteiger partial charge in [0.25, 0.3) is 0 Å². The highest BCUT2D eigenvalue weighted by Gasteiger charge is 2.34.